The number of hydrogen-bond acceptors (Lipinski definition) is 3. The van der Waals surface area contributed by atoms with Crippen molar-refractivity contribution in [3.05, 3.63) is 71.3 Å². The van der Waals surface area contributed by atoms with E-state index in [-0.39, 0.29) is 17.6 Å². The SMILES string of the molecule is CCOC(CNC(=O)CCc1ccc(C(=O)O)cc1)c1ccccc1. The van der Waals surface area contributed by atoms with Crippen LogP contribution in [0.15, 0.2) is 54.6 Å². The lowest BCUT2D eigenvalue weighted by molar-refractivity contribution is -0.121. The van der Waals surface area contributed by atoms with Gasteiger partial charge in [0, 0.05) is 19.6 Å². The van der Waals surface area contributed by atoms with Crippen LogP contribution in [0.2, 0.25) is 0 Å². The number of carbonyl (C=O) groups is 2. The Hall–Kier alpha value is -2.66. The van der Waals surface area contributed by atoms with Gasteiger partial charge in [-0.2, -0.15) is 0 Å². The second kappa shape index (κ2) is 9.59. The molecule has 0 aliphatic rings. The Morgan fingerprint density at radius 2 is 1.76 bits per heavy atom. The molecule has 132 valence electrons. The summed E-state index contributed by atoms with van der Waals surface area (Å²) in [5.74, 6) is -1.00. The predicted molar refractivity (Wildman–Crippen MR) is 95.5 cm³/mol. The molecule has 2 rings (SSSR count). The average Bonchev–Trinajstić information content (AvgIpc) is 2.64. The highest BCUT2D eigenvalue weighted by Gasteiger charge is 2.12. The van der Waals surface area contributed by atoms with E-state index in [2.05, 4.69) is 5.32 Å². The van der Waals surface area contributed by atoms with E-state index in [1.807, 2.05) is 37.3 Å². The number of carboxylic acids is 1. The number of hydrogen-bond donors (Lipinski definition) is 2. The van der Waals surface area contributed by atoms with Gasteiger partial charge < -0.3 is 15.2 Å². The zero-order valence-corrected chi connectivity index (χ0v) is 14.3. The summed E-state index contributed by atoms with van der Waals surface area (Å²) in [6.07, 6.45) is 0.751. The first-order valence-electron chi connectivity index (χ1n) is 8.35. The van der Waals surface area contributed by atoms with E-state index in [0.29, 0.717) is 26.0 Å². The molecule has 0 saturated carbocycles. The standard InChI is InChI=1S/C20H23NO4/c1-2-25-18(16-6-4-3-5-7-16)14-21-19(22)13-10-15-8-11-17(12-9-15)20(23)24/h3-9,11-12,18H,2,10,13-14H2,1H3,(H,21,22)(H,23,24). The van der Waals surface area contributed by atoms with Crippen LogP contribution >= 0.6 is 0 Å². The fraction of sp³-hybridized carbons (Fsp3) is 0.300. The molecule has 0 bridgehead atoms. The fourth-order valence-electron chi connectivity index (χ4n) is 2.51. The molecular weight excluding hydrogens is 318 g/mol. The van der Waals surface area contributed by atoms with Gasteiger partial charge in [0.15, 0.2) is 0 Å². The van der Waals surface area contributed by atoms with Gasteiger partial charge in [0.1, 0.15) is 0 Å². The van der Waals surface area contributed by atoms with Crippen LogP contribution in [0.1, 0.15) is 40.9 Å². The van der Waals surface area contributed by atoms with Crippen LogP contribution < -0.4 is 5.32 Å². The molecule has 0 spiro atoms. The lowest BCUT2D eigenvalue weighted by Gasteiger charge is -2.18. The van der Waals surface area contributed by atoms with E-state index in [0.717, 1.165) is 11.1 Å². The third-order valence-electron chi connectivity index (χ3n) is 3.87. The average molecular weight is 341 g/mol. The van der Waals surface area contributed by atoms with Crippen LogP contribution in [0.5, 0.6) is 0 Å². The maximum atomic E-state index is 12.1. The van der Waals surface area contributed by atoms with Gasteiger partial charge in [-0.25, -0.2) is 4.79 Å². The minimum Gasteiger partial charge on any atom is -0.478 e. The van der Waals surface area contributed by atoms with Crippen molar-refractivity contribution in [2.24, 2.45) is 0 Å². The molecule has 2 aromatic rings. The summed E-state index contributed by atoms with van der Waals surface area (Å²) in [6, 6.07) is 16.4. The predicted octanol–water partition coefficient (Wildman–Crippen LogP) is 3.21. The van der Waals surface area contributed by atoms with E-state index in [9.17, 15) is 9.59 Å². The molecule has 2 N–H and O–H groups in total. The molecule has 5 heteroatoms. The summed E-state index contributed by atoms with van der Waals surface area (Å²) in [7, 11) is 0. The summed E-state index contributed by atoms with van der Waals surface area (Å²) in [5.41, 5.74) is 2.22. The van der Waals surface area contributed by atoms with Crippen LogP contribution in [0.4, 0.5) is 0 Å². The van der Waals surface area contributed by atoms with E-state index >= 15 is 0 Å². The Balaban J connectivity index is 1.81. The molecule has 0 aliphatic carbocycles. The van der Waals surface area contributed by atoms with E-state index < -0.39 is 5.97 Å². The number of amides is 1. The minimum absolute atomic E-state index is 0.0528. The van der Waals surface area contributed by atoms with Crippen LogP contribution in [-0.2, 0) is 16.0 Å². The Bertz CT molecular complexity index is 683. The summed E-state index contributed by atoms with van der Waals surface area (Å²) in [5, 5.41) is 11.8. The Labute approximate surface area is 147 Å². The molecule has 5 nitrogen and oxygen atoms in total. The number of ether oxygens (including phenoxy) is 1. The smallest absolute Gasteiger partial charge is 0.335 e. The third-order valence-corrected chi connectivity index (χ3v) is 3.87. The van der Waals surface area contributed by atoms with Crippen molar-refractivity contribution in [1.29, 1.82) is 0 Å². The molecule has 25 heavy (non-hydrogen) atoms. The maximum Gasteiger partial charge on any atom is 0.335 e. The van der Waals surface area contributed by atoms with E-state index in [4.69, 9.17) is 9.84 Å². The van der Waals surface area contributed by atoms with Gasteiger partial charge in [-0.3, -0.25) is 4.79 Å². The van der Waals surface area contributed by atoms with Crippen molar-refractivity contribution in [2.45, 2.75) is 25.9 Å². The molecule has 1 amide bonds. The minimum atomic E-state index is -0.952. The van der Waals surface area contributed by atoms with Crippen molar-refractivity contribution in [2.75, 3.05) is 13.2 Å². The summed E-state index contributed by atoms with van der Waals surface area (Å²) >= 11 is 0. The Morgan fingerprint density at radius 3 is 2.36 bits per heavy atom. The highest BCUT2D eigenvalue weighted by molar-refractivity contribution is 5.87. The molecule has 0 saturated heterocycles. The quantitative estimate of drug-likeness (QED) is 0.734. The highest BCUT2D eigenvalue weighted by atomic mass is 16.5. The van der Waals surface area contributed by atoms with Crippen LogP contribution in [0.3, 0.4) is 0 Å². The maximum absolute atomic E-state index is 12.1. The zero-order valence-electron chi connectivity index (χ0n) is 14.3. The van der Waals surface area contributed by atoms with Gasteiger partial charge in [-0.1, -0.05) is 42.5 Å². The number of rotatable bonds is 9. The van der Waals surface area contributed by atoms with E-state index in [1.54, 1.807) is 24.3 Å². The molecule has 1 atom stereocenters. The molecule has 0 aromatic heterocycles. The molecule has 1 unspecified atom stereocenters. The fourth-order valence-corrected chi connectivity index (χ4v) is 2.51. The largest absolute Gasteiger partial charge is 0.478 e. The number of nitrogens with one attached hydrogen (secondary N) is 1. The lowest BCUT2D eigenvalue weighted by Crippen LogP contribution is -2.29. The number of carbonyl (C=O) groups excluding carboxylic acids is 1. The summed E-state index contributed by atoms with van der Waals surface area (Å²) in [6.45, 7) is 2.93. The van der Waals surface area contributed by atoms with Crippen LogP contribution in [0.25, 0.3) is 0 Å². The van der Waals surface area contributed by atoms with Gasteiger partial charge in [-0.05, 0) is 36.6 Å². The molecular formula is C20H23NO4. The summed E-state index contributed by atoms with van der Waals surface area (Å²) < 4.78 is 5.71. The first kappa shape index (κ1) is 18.7. The number of aromatic carboxylic acids is 1. The Morgan fingerprint density at radius 1 is 1.08 bits per heavy atom. The number of benzene rings is 2. The van der Waals surface area contributed by atoms with Gasteiger partial charge in [0.05, 0.1) is 11.7 Å². The van der Waals surface area contributed by atoms with Gasteiger partial charge in [-0.15, -0.1) is 0 Å². The molecule has 0 radical (unpaired) electrons. The normalized spacial score (nSPS) is 11.7. The van der Waals surface area contributed by atoms with Crippen molar-refractivity contribution < 1.29 is 19.4 Å². The first-order chi connectivity index (χ1) is 12.1. The second-order valence-corrected chi connectivity index (χ2v) is 5.66. The van der Waals surface area contributed by atoms with Crippen LogP contribution in [0, 0.1) is 0 Å². The number of carboxylic acid groups (broad SMARTS) is 1. The monoisotopic (exact) mass is 341 g/mol. The van der Waals surface area contributed by atoms with Crippen molar-refractivity contribution in [1.82, 2.24) is 5.32 Å². The van der Waals surface area contributed by atoms with Crippen molar-refractivity contribution in [3.8, 4) is 0 Å². The molecule has 2 aromatic carbocycles. The highest BCUT2D eigenvalue weighted by Crippen LogP contribution is 2.16. The van der Waals surface area contributed by atoms with Gasteiger partial charge in [0.25, 0.3) is 0 Å². The second-order valence-electron chi connectivity index (χ2n) is 5.66. The lowest BCUT2D eigenvalue weighted by atomic mass is 10.1. The molecule has 0 fully saturated rings. The van der Waals surface area contributed by atoms with Gasteiger partial charge >= 0.3 is 5.97 Å². The number of aryl methyl sites for hydroxylation is 1. The zero-order chi connectivity index (χ0) is 18.1. The summed E-state index contributed by atoms with van der Waals surface area (Å²) in [4.78, 5) is 22.9. The van der Waals surface area contributed by atoms with Crippen molar-refractivity contribution >= 4 is 11.9 Å². The Kier molecular flexibility index (Phi) is 7.16. The topological polar surface area (TPSA) is 75.6 Å². The van der Waals surface area contributed by atoms with E-state index in [1.165, 1.54) is 0 Å². The molecule has 0 heterocycles. The van der Waals surface area contributed by atoms with Crippen LogP contribution in [-0.4, -0.2) is 30.1 Å². The third kappa shape index (κ3) is 6.04. The first-order valence-corrected chi connectivity index (χ1v) is 8.35. The van der Waals surface area contributed by atoms with Crippen molar-refractivity contribution in [3.63, 3.8) is 0 Å². The molecule has 0 aliphatic heterocycles. The van der Waals surface area contributed by atoms with Gasteiger partial charge in [0.2, 0.25) is 5.91 Å².